The topological polar surface area (TPSA) is 72.2 Å². The van der Waals surface area contributed by atoms with Gasteiger partial charge in [0.1, 0.15) is 5.82 Å². The van der Waals surface area contributed by atoms with Crippen LogP contribution in [-0.2, 0) is 16.4 Å². The summed E-state index contributed by atoms with van der Waals surface area (Å²) < 4.78 is 40.5. The Labute approximate surface area is 131 Å². The monoisotopic (exact) mass is 372 g/mol. The van der Waals surface area contributed by atoms with Gasteiger partial charge in [-0.05, 0) is 58.2 Å². The number of hydrogen-bond donors (Lipinski definition) is 2. The molecule has 2 aromatic rings. The van der Waals surface area contributed by atoms with Crippen LogP contribution >= 0.6 is 15.9 Å². The van der Waals surface area contributed by atoms with E-state index >= 15 is 0 Å². The van der Waals surface area contributed by atoms with Gasteiger partial charge in [-0.2, -0.15) is 0 Å². The van der Waals surface area contributed by atoms with E-state index in [0.29, 0.717) is 5.69 Å². The Morgan fingerprint density at radius 2 is 1.95 bits per heavy atom. The lowest BCUT2D eigenvalue weighted by atomic mass is 10.1. The lowest BCUT2D eigenvalue weighted by Crippen LogP contribution is -2.13. The first-order valence-electron chi connectivity index (χ1n) is 6.19. The van der Waals surface area contributed by atoms with Gasteiger partial charge < -0.3 is 5.73 Å². The fourth-order valence-electron chi connectivity index (χ4n) is 1.84. The molecule has 0 heterocycles. The first-order valence-corrected chi connectivity index (χ1v) is 8.47. The zero-order chi connectivity index (χ0) is 15.6. The predicted octanol–water partition coefficient (Wildman–Crippen LogP) is 3.53. The van der Waals surface area contributed by atoms with Crippen molar-refractivity contribution in [3.8, 4) is 0 Å². The number of hydrogen-bond acceptors (Lipinski definition) is 3. The third-order valence-corrected chi connectivity index (χ3v) is 5.00. The zero-order valence-corrected chi connectivity index (χ0v) is 13.6. The molecule has 21 heavy (non-hydrogen) atoms. The van der Waals surface area contributed by atoms with Gasteiger partial charge in [0.05, 0.1) is 15.1 Å². The molecule has 112 valence electrons. The van der Waals surface area contributed by atoms with Crippen LogP contribution in [0.1, 0.15) is 12.5 Å². The van der Waals surface area contributed by atoms with Crippen molar-refractivity contribution in [3.63, 3.8) is 0 Å². The first kappa shape index (κ1) is 15.8. The van der Waals surface area contributed by atoms with Gasteiger partial charge in [0.15, 0.2) is 0 Å². The predicted molar refractivity (Wildman–Crippen MR) is 85.1 cm³/mol. The van der Waals surface area contributed by atoms with Crippen molar-refractivity contribution in [1.29, 1.82) is 0 Å². The van der Waals surface area contributed by atoms with E-state index in [1.54, 1.807) is 6.07 Å². The molecule has 3 N–H and O–H groups in total. The second kappa shape index (κ2) is 6.03. The zero-order valence-electron chi connectivity index (χ0n) is 11.2. The van der Waals surface area contributed by atoms with Crippen LogP contribution in [0.4, 0.5) is 15.8 Å². The molecule has 0 fully saturated rings. The van der Waals surface area contributed by atoms with Gasteiger partial charge in [0.2, 0.25) is 0 Å². The van der Waals surface area contributed by atoms with Gasteiger partial charge in [-0.15, -0.1) is 0 Å². The molecule has 0 unspecified atom stereocenters. The van der Waals surface area contributed by atoms with Crippen molar-refractivity contribution in [2.45, 2.75) is 18.2 Å². The van der Waals surface area contributed by atoms with Gasteiger partial charge in [-0.3, -0.25) is 4.72 Å². The van der Waals surface area contributed by atoms with E-state index in [9.17, 15) is 12.8 Å². The fraction of sp³-hybridized carbons (Fsp3) is 0.143. The molecule has 0 aromatic heterocycles. The third kappa shape index (κ3) is 3.54. The lowest BCUT2D eigenvalue weighted by molar-refractivity contribution is 0.601. The molecule has 0 aliphatic heterocycles. The van der Waals surface area contributed by atoms with Crippen LogP contribution in [0.15, 0.2) is 45.8 Å². The molecule has 0 amide bonds. The largest absolute Gasteiger partial charge is 0.398 e. The molecule has 0 saturated carbocycles. The standard InChI is InChI=1S/C14H14BrFN2O2S/c1-2-9-3-5-11(8-14(9)17)21(19,20)18-10-4-6-12(15)13(16)7-10/h3-8,18H,2,17H2,1H3. The number of benzene rings is 2. The Bertz CT molecular complexity index is 779. The third-order valence-electron chi connectivity index (χ3n) is 2.98. The Morgan fingerprint density at radius 3 is 2.52 bits per heavy atom. The van der Waals surface area contributed by atoms with E-state index < -0.39 is 15.8 Å². The van der Waals surface area contributed by atoms with Crippen LogP contribution in [0.25, 0.3) is 0 Å². The van der Waals surface area contributed by atoms with Crippen molar-refractivity contribution >= 4 is 37.3 Å². The van der Waals surface area contributed by atoms with Crippen molar-refractivity contribution in [3.05, 3.63) is 52.3 Å². The molecule has 0 atom stereocenters. The number of aryl methyl sites for hydroxylation is 1. The van der Waals surface area contributed by atoms with Crippen LogP contribution in [0, 0.1) is 5.82 Å². The van der Waals surface area contributed by atoms with Crippen LogP contribution in [0.5, 0.6) is 0 Å². The highest BCUT2D eigenvalue weighted by molar-refractivity contribution is 9.10. The summed E-state index contributed by atoms with van der Waals surface area (Å²) in [5.74, 6) is -0.545. The summed E-state index contributed by atoms with van der Waals surface area (Å²) in [6.07, 6.45) is 0.720. The molecule has 2 rings (SSSR count). The number of sulfonamides is 1. The second-order valence-corrected chi connectivity index (χ2v) is 6.99. The van der Waals surface area contributed by atoms with Crippen LogP contribution in [0.2, 0.25) is 0 Å². The summed E-state index contributed by atoms with van der Waals surface area (Å²) in [7, 11) is -3.80. The molecule has 7 heteroatoms. The quantitative estimate of drug-likeness (QED) is 0.806. The highest BCUT2D eigenvalue weighted by Gasteiger charge is 2.16. The number of rotatable bonds is 4. The van der Waals surface area contributed by atoms with E-state index in [0.717, 1.165) is 18.1 Å². The molecule has 2 aromatic carbocycles. The number of halogens is 2. The fourth-order valence-corrected chi connectivity index (χ4v) is 3.17. The lowest BCUT2D eigenvalue weighted by Gasteiger charge is -2.10. The minimum atomic E-state index is -3.80. The van der Waals surface area contributed by atoms with Crippen molar-refractivity contribution < 1.29 is 12.8 Å². The van der Waals surface area contributed by atoms with E-state index in [-0.39, 0.29) is 15.1 Å². The van der Waals surface area contributed by atoms with Gasteiger partial charge in [-0.25, -0.2) is 12.8 Å². The second-order valence-electron chi connectivity index (χ2n) is 4.45. The summed E-state index contributed by atoms with van der Waals surface area (Å²) in [6, 6.07) is 8.55. The molecule has 0 aliphatic rings. The van der Waals surface area contributed by atoms with Crippen molar-refractivity contribution in [1.82, 2.24) is 0 Å². The maximum Gasteiger partial charge on any atom is 0.261 e. The van der Waals surface area contributed by atoms with Gasteiger partial charge in [-0.1, -0.05) is 13.0 Å². The average molecular weight is 373 g/mol. The number of nitrogens with two attached hydrogens (primary N) is 1. The molecule has 0 spiro atoms. The van der Waals surface area contributed by atoms with Gasteiger partial charge >= 0.3 is 0 Å². The average Bonchev–Trinajstić information content (AvgIpc) is 2.42. The maximum atomic E-state index is 13.4. The van der Waals surface area contributed by atoms with E-state index in [1.807, 2.05) is 6.92 Å². The normalized spacial score (nSPS) is 11.4. The molecule has 0 bridgehead atoms. The Kier molecular flexibility index (Phi) is 4.53. The number of anilines is 2. The minimum Gasteiger partial charge on any atom is -0.398 e. The van der Waals surface area contributed by atoms with Gasteiger partial charge in [0.25, 0.3) is 10.0 Å². The minimum absolute atomic E-state index is 0.0422. The Morgan fingerprint density at radius 1 is 1.24 bits per heavy atom. The smallest absolute Gasteiger partial charge is 0.261 e. The maximum absolute atomic E-state index is 13.4. The first-order chi connectivity index (χ1) is 9.83. The van der Waals surface area contributed by atoms with Crippen LogP contribution in [-0.4, -0.2) is 8.42 Å². The Hall–Kier alpha value is -1.60. The summed E-state index contributed by atoms with van der Waals surface area (Å²) >= 11 is 3.01. The van der Waals surface area contributed by atoms with Crippen LogP contribution < -0.4 is 10.5 Å². The molecule has 0 aliphatic carbocycles. The summed E-state index contributed by atoms with van der Waals surface area (Å²) in [6.45, 7) is 1.93. The number of nitrogen functional groups attached to an aromatic ring is 1. The summed E-state index contributed by atoms with van der Waals surface area (Å²) in [5, 5.41) is 0. The van der Waals surface area contributed by atoms with E-state index in [1.165, 1.54) is 24.3 Å². The van der Waals surface area contributed by atoms with E-state index in [2.05, 4.69) is 20.7 Å². The van der Waals surface area contributed by atoms with E-state index in [4.69, 9.17) is 5.73 Å². The van der Waals surface area contributed by atoms with Crippen LogP contribution in [0.3, 0.4) is 0 Å². The Balaban J connectivity index is 2.33. The molecular formula is C14H14BrFN2O2S. The highest BCUT2D eigenvalue weighted by Crippen LogP contribution is 2.23. The van der Waals surface area contributed by atoms with Crippen molar-refractivity contribution in [2.24, 2.45) is 0 Å². The summed E-state index contributed by atoms with van der Waals surface area (Å²) in [4.78, 5) is 0.0422. The summed E-state index contributed by atoms with van der Waals surface area (Å²) in [5.41, 5.74) is 7.25. The number of nitrogens with one attached hydrogen (secondary N) is 1. The van der Waals surface area contributed by atoms with Gasteiger partial charge in [0, 0.05) is 5.69 Å². The molecule has 0 saturated heterocycles. The molecular weight excluding hydrogens is 359 g/mol. The highest BCUT2D eigenvalue weighted by atomic mass is 79.9. The SMILES string of the molecule is CCc1ccc(S(=O)(=O)Nc2ccc(Br)c(F)c2)cc1N. The van der Waals surface area contributed by atoms with Crippen molar-refractivity contribution in [2.75, 3.05) is 10.5 Å². The molecule has 4 nitrogen and oxygen atoms in total. The molecule has 0 radical (unpaired) electrons.